The molecule has 0 radical (unpaired) electrons. The lowest BCUT2D eigenvalue weighted by molar-refractivity contribution is -0.180. The monoisotopic (exact) mass is 548 g/mol. The molecule has 4 aromatic rings. The van der Waals surface area contributed by atoms with Crippen LogP contribution in [0, 0.1) is 0 Å². The first-order valence-electron chi connectivity index (χ1n) is 14.4. The molecule has 1 aliphatic rings. The summed E-state index contributed by atoms with van der Waals surface area (Å²) in [6, 6.07) is 41.3. The lowest BCUT2D eigenvalue weighted by atomic mass is 9.80. The van der Waals surface area contributed by atoms with E-state index in [1.54, 1.807) is 0 Å². The lowest BCUT2D eigenvalue weighted by Gasteiger charge is -2.40. The molecule has 4 aromatic carbocycles. The molecule has 0 amide bonds. The Labute approximate surface area is 244 Å². The third kappa shape index (κ3) is 5.93. The van der Waals surface area contributed by atoms with Crippen molar-refractivity contribution in [2.24, 2.45) is 0 Å². The minimum Gasteiger partial charge on any atom is -0.370 e. The Morgan fingerprint density at radius 2 is 1.24 bits per heavy atom. The van der Waals surface area contributed by atoms with Crippen molar-refractivity contribution in [2.45, 2.75) is 63.0 Å². The van der Waals surface area contributed by atoms with Gasteiger partial charge in [0.25, 0.3) is 0 Å². The van der Waals surface area contributed by atoms with Crippen LogP contribution in [0.4, 0.5) is 0 Å². The van der Waals surface area contributed by atoms with E-state index >= 15 is 0 Å². The maximum absolute atomic E-state index is 7.17. The van der Waals surface area contributed by atoms with Gasteiger partial charge < -0.3 is 18.9 Å². The van der Waals surface area contributed by atoms with E-state index < -0.39 is 23.1 Å². The van der Waals surface area contributed by atoms with Crippen LogP contribution < -0.4 is 0 Å². The van der Waals surface area contributed by atoms with Crippen molar-refractivity contribution in [3.8, 4) is 0 Å². The highest BCUT2D eigenvalue weighted by Gasteiger charge is 2.57. The zero-order valence-electron chi connectivity index (χ0n) is 24.2. The third-order valence-electron chi connectivity index (χ3n) is 7.83. The smallest absolute Gasteiger partial charge is 0.164 e. The fraction of sp³-hybridized carbons (Fsp3) is 0.297. The van der Waals surface area contributed by atoms with E-state index in [4.69, 9.17) is 18.9 Å². The van der Waals surface area contributed by atoms with Crippen molar-refractivity contribution in [1.29, 1.82) is 0 Å². The van der Waals surface area contributed by atoms with Crippen LogP contribution in [-0.2, 0) is 31.2 Å². The Kier molecular flexibility index (Phi) is 8.86. The van der Waals surface area contributed by atoms with E-state index in [0.717, 1.165) is 28.7 Å². The van der Waals surface area contributed by atoms with Gasteiger partial charge in [0.05, 0.1) is 19.3 Å². The first-order valence-corrected chi connectivity index (χ1v) is 14.4. The molecule has 1 aliphatic heterocycles. The summed E-state index contributed by atoms with van der Waals surface area (Å²) in [4.78, 5) is 0. The van der Waals surface area contributed by atoms with Gasteiger partial charge in [0.15, 0.2) is 5.79 Å². The van der Waals surface area contributed by atoms with E-state index in [-0.39, 0.29) is 12.7 Å². The number of rotatable bonds is 12. The molecule has 0 unspecified atom stereocenters. The molecule has 0 saturated carbocycles. The summed E-state index contributed by atoms with van der Waals surface area (Å²) in [6.07, 6.45) is 1.81. The molecule has 0 bridgehead atoms. The van der Waals surface area contributed by atoms with E-state index in [1.165, 1.54) is 0 Å². The fourth-order valence-corrected chi connectivity index (χ4v) is 6.00. The number of benzene rings is 4. The molecule has 0 spiro atoms. The minimum atomic E-state index is -0.914. The van der Waals surface area contributed by atoms with Crippen molar-refractivity contribution >= 4 is 0 Å². The molecule has 3 atom stereocenters. The topological polar surface area (TPSA) is 36.9 Å². The first kappa shape index (κ1) is 29.0. The Hall–Kier alpha value is -3.54. The van der Waals surface area contributed by atoms with Crippen molar-refractivity contribution in [1.82, 2.24) is 0 Å². The molecule has 4 heteroatoms. The van der Waals surface area contributed by atoms with E-state index in [9.17, 15) is 0 Å². The average molecular weight is 549 g/mol. The van der Waals surface area contributed by atoms with Crippen molar-refractivity contribution in [2.75, 3.05) is 6.61 Å². The predicted molar refractivity (Wildman–Crippen MR) is 163 cm³/mol. The van der Waals surface area contributed by atoms with Gasteiger partial charge in [0.1, 0.15) is 17.3 Å². The molecular formula is C37H40O4. The van der Waals surface area contributed by atoms with Crippen molar-refractivity contribution in [3.05, 3.63) is 156 Å². The molecule has 0 aromatic heterocycles. The largest absolute Gasteiger partial charge is 0.370 e. The molecule has 0 aliphatic carbocycles. The van der Waals surface area contributed by atoms with Gasteiger partial charge >= 0.3 is 0 Å². The van der Waals surface area contributed by atoms with E-state index in [2.05, 4.69) is 98.4 Å². The second kappa shape index (κ2) is 12.5. The highest BCUT2D eigenvalue weighted by molar-refractivity contribution is 5.47. The van der Waals surface area contributed by atoms with Gasteiger partial charge in [-0.2, -0.15) is 0 Å². The van der Waals surface area contributed by atoms with Crippen LogP contribution in [0.2, 0.25) is 0 Å². The van der Waals surface area contributed by atoms with Crippen LogP contribution >= 0.6 is 0 Å². The number of hydrogen-bond donors (Lipinski definition) is 0. The quantitative estimate of drug-likeness (QED) is 0.133. The third-order valence-corrected chi connectivity index (χ3v) is 7.83. The van der Waals surface area contributed by atoms with E-state index in [0.29, 0.717) is 6.61 Å². The molecule has 1 heterocycles. The SMILES string of the molecule is C=C[C@]1([C@@H](CC)OCc2ccccc2)OC(C)(C)O[C@H]1COC(c1ccccc1)(c1ccccc1)c1ccccc1. The molecule has 0 N–H and O–H groups in total. The second-order valence-corrected chi connectivity index (χ2v) is 10.9. The summed E-state index contributed by atoms with van der Waals surface area (Å²) in [6.45, 7) is 10.9. The number of ether oxygens (including phenoxy) is 4. The summed E-state index contributed by atoms with van der Waals surface area (Å²) in [5.41, 5.74) is 2.42. The Balaban J connectivity index is 1.54. The molecular weight excluding hydrogens is 508 g/mol. The number of hydrogen-bond acceptors (Lipinski definition) is 4. The molecule has 1 saturated heterocycles. The Morgan fingerprint density at radius 3 is 1.68 bits per heavy atom. The molecule has 1 fully saturated rings. The van der Waals surface area contributed by atoms with Gasteiger partial charge in [0, 0.05) is 0 Å². The van der Waals surface area contributed by atoms with Crippen LogP contribution in [-0.4, -0.2) is 30.2 Å². The van der Waals surface area contributed by atoms with Crippen LogP contribution in [0.15, 0.2) is 134 Å². The zero-order chi connectivity index (χ0) is 28.8. The fourth-order valence-electron chi connectivity index (χ4n) is 6.00. The Bertz CT molecular complexity index is 1280. The summed E-state index contributed by atoms with van der Waals surface area (Å²) >= 11 is 0. The molecule has 5 rings (SSSR count). The summed E-state index contributed by atoms with van der Waals surface area (Å²) in [5, 5.41) is 0. The Morgan fingerprint density at radius 1 is 0.780 bits per heavy atom. The lowest BCUT2D eigenvalue weighted by Crippen LogP contribution is -2.52. The zero-order valence-corrected chi connectivity index (χ0v) is 24.2. The second-order valence-electron chi connectivity index (χ2n) is 10.9. The van der Waals surface area contributed by atoms with Crippen LogP contribution in [0.3, 0.4) is 0 Å². The molecule has 41 heavy (non-hydrogen) atoms. The summed E-state index contributed by atoms with van der Waals surface area (Å²) < 4.78 is 27.0. The van der Waals surface area contributed by atoms with Gasteiger partial charge in [-0.25, -0.2) is 0 Å². The van der Waals surface area contributed by atoms with Crippen LogP contribution in [0.5, 0.6) is 0 Å². The van der Waals surface area contributed by atoms with Gasteiger partial charge in [-0.15, -0.1) is 6.58 Å². The maximum Gasteiger partial charge on any atom is 0.164 e. The highest BCUT2D eigenvalue weighted by Crippen LogP contribution is 2.45. The maximum atomic E-state index is 7.17. The van der Waals surface area contributed by atoms with Gasteiger partial charge in [-0.1, -0.05) is 134 Å². The van der Waals surface area contributed by atoms with Crippen LogP contribution in [0.25, 0.3) is 0 Å². The molecule has 4 nitrogen and oxygen atoms in total. The van der Waals surface area contributed by atoms with Crippen molar-refractivity contribution < 1.29 is 18.9 Å². The van der Waals surface area contributed by atoms with Gasteiger partial charge in [0.2, 0.25) is 0 Å². The first-order chi connectivity index (χ1) is 19.9. The predicted octanol–water partition coefficient (Wildman–Crippen LogP) is 8.07. The summed E-state index contributed by atoms with van der Waals surface area (Å²) in [7, 11) is 0. The van der Waals surface area contributed by atoms with Gasteiger partial charge in [-0.3, -0.25) is 0 Å². The van der Waals surface area contributed by atoms with E-state index in [1.807, 2.05) is 56.3 Å². The highest BCUT2D eigenvalue weighted by atomic mass is 16.8. The van der Waals surface area contributed by atoms with Crippen molar-refractivity contribution in [3.63, 3.8) is 0 Å². The standard InChI is InChI=1S/C37H40O4/c1-5-33(38-27-29-19-11-7-12-20-29)36(6-2)34(40-35(3,4)41-36)28-39-37(30-21-13-8-14-22-30,31-23-15-9-16-24-31)32-25-17-10-18-26-32/h6-26,33-34H,2,5,27-28H2,1,3-4H3/t33-,34+,36-/m1/s1. The summed E-state index contributed by atoms with van der Waals surface area (Å²) in [5.74, 6) is -0.847. The molecule has 212 valence electrons. The minimum absolute atomic E-state index is 0.249. The van der Waals surface area contributed by atoms with Gasteiger partial charge in [-0.05, 0) is 42.5 Å². The normalized spacial score (nSPS) is 20.9. The average Bonchev–Trinajstić information content (AvgIpc) is 3.30. The van der Waals surface area contributed by atoms with Crippen LogP contribution in [0.1, 0.15) is 49.4 Å².